The average Bonchev–Trinajstić information content (AvgIpc) is 2.87. The molecule has 0 amide bonds. The number of nitrogens with one attached hydrogen (secondary N) is 3. The zero-order chi connectivity index (χ0) is 11.0. The molecule has 0 spiro atoms. The SMILES string of the molecule is Cc1cc(Nc2ccnc3[nH]ccc23)n[nH]1. The van der Waals surface area contributed by atoms with E-state index in [0.717, 1.165) is 28.2 Å². The lowest BCUT2D eigenvalue weighted by molar-refractivity contribution is 1.05. The molecule has 3 heterocycles. The van der Waals surface area contributed by atoms with Gasteiger partial charge >= 0.3 is 0 Å². The number of aromatic amines is 2. The van der Waals surface area contributed by atoms with Gasteiger partial charge in [0.15, 0.2) is 5.82 Å². The van der Waals surface area contributed by atoms with Crippen LogP contribution in [0.4, 0.5) is 11.5 Å². The molecule has 0 unspecified atom stereocenters. The van der Waals surface area contributed by atoms with Crippen LogP contribution in [0.3, 0.4) is 0 Å². The summed E-state index contributed by atoms with van der Waals surface area (Å²) in [6.07, 6.45) is 3.64. The number of hydrogen-bond acceptors (Lipinski definition) is 3. The zero-order valence-corrected chi connectivity index (χ0v) is 8.78. The van der Waals surface area contributed by atoms with Crippen molar-refractivity contribution in [3.05, 3.63) is 36.3 Å². The van der Waals surface area contributed by atoms with Crippen molar-refractivity contribution in [3.63, 3.8) is 0 Å². The molecule has 0 atom stereocenters. The molecule has 0 bridgehead atoms. The smallest absolute Gasteiger partial charge is 0.152 e. The summed E-state index contributed by atoms with van der Waals surface area (Å²) in [5.74, 6) is 0.811. The van der Waals surface area contributed by atoms with E-state index >= 15 is 0 Å². The van der Waals surface area contributed by atoms with E-state index in [1.807, 2.05) is 31.3 Å². The third kappa shape index (κ3) is 1.42. The maximum Gasteiger partial charge on any atom is 0.152 e. The molecule has 80 valence electrons. The van der Waals surface area contributed by atoms with E-state index in [0.29, 0.717) is 0 Å². The summed E-state index contributed by atoms with van der Waals surface area (Å²) in [5, 5.41) is 11.3. The molecular formula is C11H11N5. The number of aromatic nitrogens is 4. The minimum Gasteiger partial charge on any atom is -0.346 e. The fraction of sp³-hybridized carbons (Fsp3) is 0.0909. The van der Waals surface area contributed by atoms with Crippen molar-refractivity contribution in [2.75, 3.05) is 5.32 Å². The highest BCUT2D eigenvalue weighted by molar-refractivity contribution is 5.90. The Hall–Kier alpha value is -2.30. The molecule has 5 heteroatoms. The number of nitrogens with zero attached hydrogens (tertiary/aromatic N) is 2. The van der Waals surface area contributed by atoms with Crippen LogP contribution in [0, 0.1) is 6.92 Å². The molecular weight excluding hydrogens is 202 g/mol. The highest BCUT2D eigenvalue weighted by Crippen LogP contribution is 2.23. The standard InChI is InChI=1S/C11H11N5/c1-7-6-10(16-15-7)14-9-3-5-13-11-8(9)2-4-12-11/h2-6H,1H3,(H3,12,13,14,15,16). The van der Waals surface area contributed by atoms with Crippen LogP contribution in [0.5, 0.6) is 0 Å². The molecule has 3 N–H and O–H groups in total. The lowest BCUT2D eigenvalue weighted by Gasteiger charge is -2.03. The largest absolute Gasteiger partial charge is 0.346 e. The van der Waals surface area contributed by atoms with E-state index in [-0.39, 0.29) is 0 Å². The van der Waals surface area contributed by atoms with Crippen molar-refractivity contribution >= 4 is 22.5 Å². The molecule has 3 aromatic rings. The van der Waals surface area contributed by atoms with Gasteiger partial charge in [-0.25, -0.2) is 4.98 Å². The summed E-state index contributed by atoms with van der Waals surface area (Å²) in [6, 6.07) is 5.88. The minimum atomic E-state index is 0.811. The van der Waals surface area contributed by atoms with Gasteiger partial charge in [0.2, 0.25) is 0 Å². The van der Waals surface area contributed by atoms with E-state index in [9.17, 15) is 0 Å². The van der Waals surface area contributed by atoms with Crippen molar-refractivity contribution in [1.82, 2.24) is 20.2 Å². The Bertz CT molecular complexity index is 622. The lowest BCUT2D eigenvalue weighted by atomic mass is 10.3. The molecule has 0 aromatic carbocycles. The number of hydrogen-bond donors (Lipinski definition) is 3. The van der Waals surface area contributed by atoms with Gasteiger partial charge in [-0.3, -0.25) is 5.10 Å². The first kappa shape index (κ1) is 8.96. The quantitative estimate of drug-likeness (QED) is 0.612. The topological polar surface area (TPSA) is 69.4 Å². The molecule has 0 saturated carbocycles. The molecule has 5 nitrogen and oxygen atoms in total. The van der Waals surface area contributed by atoms with Gasteiger partial charge in [-0.05, 0) is 19.1 Å². The van der Waals surface area contributed by atoms with Crippen LogP contribution in [-0.4, -0.2) is 20.2 Å². The minimum absolute atomic E-state index is 0.811. The summed E-state index contributed by atoms with van der Waals surface area (Å²) in [7, 11) is 0. The first-order chi connectivity index (χ1) is 7.83. The predicted molar refractivity (Wildman–Crippen MR) is 62.7 cm³/mol. The summed E-state index contributed by atoms with van der Waals surface area (Å²) < 4.78 is 0. The molecule has 0 aliphatic heterocycles. The fourth-order valence-corrected chi connectivity index (χ4v) is 1.69. The maximum atomic E-state index is 4.22. The molecule has 0 aliphatic carbocycles. The number of rotatable bonds is 2. The van der Waals surface area contributed by atoms with Crippen molar-refractivity contribution in [2.24, 2.45) is 0 Å². The Labute approximate surface area is 91.9 Å². The van der Waals surface area contributed by atoms with Gasteiger partial charge in [0.1, 0.15) is 5.65 Å². The van der Waals surface area contributed by atoms with Crippen LogP contribution in [0.1, 0.15) is 5.69 Å². The predicted octanol–water partition coefficient (Wildman–Crippen LogP) is 2.34. The van der Waals surface area contributed by atoms with E-state index in [1.54, 1.807) is 6.20 Å². The fourth-order valence-electron chi connectivity index (χ4n) is 1.69. The third-order valence-electron chi connectivity index (χ3n) is 2.43. The van der Waals surface area contributed by atoms with Gasteiger partial charge in [-0.1, -0.05) is 0 Å². The Balaban J connectivity index is 2.03. The van der Waals surface area contributed by atoms with Crippen molar-refractivity contribution in [2.45, 2.75) is 6.92 Å². The Kier molecular flexibility index (Phi) is 1.89. The van der Waals surface area contributed by atoms with Gasteiger partial charge in [0, 0.05) is 29.5 Å². The summed E-state index contributed by atoms with van der Waals surface area (Å²) in [5.41, 5.74) is 2.90. The Morgan fingerprint density at radius 3 is 3.06 bits per heavy atom. The third-order valence-corrected chi connectivity index (χ3v) is 2.43. The summed E-state index contributed by atoms with van der Waals surface area (Å²) >= 11 is 0. The van der Waals surface area contributed by atoms with Crippen molar-refractivity contribution in [1.29, 1.82) is 0 Å². The average molecular weight is 213 g/mol. The van der Waals surface area contributed by atoms with Gasteiger partial charge in [-0.15, -0.1) is 0 Å². The second-order valence-corrected chi connectivity index (χ2v) is 3.66. The summed E-state index contributed by atoms with van der Waals surface area (Å²) in [4.78, 5) is 7.30. The number of fused-ring (bicyclic) bond motifs is 1. The molecule has 0 aliphatic rings. The van der Waals surface area contributed by atoms with Crippen molar-refractivity contribution in [3.8, 4) is 0 Å². The van der Waals surface area contributed by atoms with E-state index in [1.165, 1.54) is 0 Å². The second kappa shape index (κ2) is 3.37. The number of aryl methyl sites for hydroxylation is 1. The summed E-state index contributed by atoms with van der Waals surface area (Å²) in [6.45, 7) is 1.97. The second-order valence-electron chi connectivity index (χ2n) is 3.66. The monoisotopic (exact) mass is 213 g/mol. The van der Waals surface area contributed by atoms with Gasteiger partial charge in [0.05, 0.1) is 5.69 Å². The maximum absolute atomic E-state index is 4.22. The van der Waals surface area contributed by atoms with Crippen LogP contribution in [0.15, 0.2) is 30.6 Å². The van der Waals surface area contributed by atoms with E-state index in [4.69, 9.17) is 0 Å². The molecule has 3 rings (SSSR count). The first-order valence-corrected chi connectivity index (χ1v) is 5.04. The molecule has 16 heavy (non-hydrogen) atoms. The number of pyridine rings is 1. The van der Waals surface area contributed by atoms with Gasteiger partial charge < -0.3 is 10.3 Å². The van der Waals surface area contributed by atoms with Gasteiger partial charge in [-0.2, -0.15) is 5.10 Å². The Morgan fingerprint density at radius 2 is 2.25 bits per heavy atom. The van der Waals surface area contributed by atoms with Crippen LogP contribution in [-0.2, 0) is 0 Å². The lowest BCUT2D eigenvalue weighted by Crippen LogP contribution is -1.91. The molecule has 0 fully saturated rings. The van der Waals surface area contributed by atoms with Crippen molar-refractivity contribution < 1.29 is 0 Å². The highest BCUT2D eigenvalue weighted by Gasteiger charge is 2.04. The highest BCUT2D eigenvalue weighted by atomic mass is 15.2. The molecule has 3 aromatic heterocycles. The number of anilines is 2. The molecule has 0 saturated heterocycles. The first-order valence-electron chi connectivity index (χ1n) is 5.04. The van der Waals surface area contributed by atoms with Crippen LogP contribution >= 0.6 is 0 Å². The number of H-pyrrole nitrogens is 2. The molecule has 0 radical (unpaired) electrons. The normalized spacial score (nSPS) is 10.8. The van der Waals surface area contributed by atoms with E-state index < -0.39 is 0 Å². The van der Waals surface area contributed by atoms with Gasteiger partial charge in [0.25, 0.3) is 0 Å². The van der Waals surface area contributed by atoms with Crippen LogP contribution in [0.2, 0.25) is 0 Å². The van der Waals surface area contributed by atoms with Crippen LogP contribution < -0.4 is 5.32 Å². The van der Waals surface area contributed by atoms with E-state index in [2.05, 4.69) is 25.5 Å². The zero-order valence-electron chi connectivity index (χ0n) is 8.78. The Morgan fingerprint density at radius 1 is 1.31 bits per heavy atom. The van der Waals surface area contributed by atoms with Crippen LogP contribution in [0.25, 0.3) is 11.0 Å².